The monoisotopic (exact) mass is 412 g/mol. The minimum Gasteiger partial charge on any atom is -0.483 e. The van der Waals surface area contributed by atoms with Gasteiger partial charge in [0.15, 0.2) is 5.65 Å². The molecule has 4 aromatic rings. The maximum atomic E-state index is 8.36. The Labute approximate surface area is 173 Å². The highest BCUT2D eigenvalue weighted by Gasteiger charge is 2.20. The molecule has 1 atom stereocenters. The van der Waals surface area contributed by atoms with Crippen LogP contribution in [0.15, 0.2) is 42.2 Å². The third kappa shape index (κ3) is 4.36. The number of carboxylic acid groups (broad SMARTS) is 1. The lowest BCUT2D eigenvalue weighted by molar-refractivity contribution is -0.122. The molecule has 1 unspecified atom stereocenters. The minimum atomic E-state index is -0.250. The Morgan fingerprint density at radius 2 is 2.10 bits per heavy atom. The summed E-state index contributed by atoms with van der Waals surface area (Å²) in [5.41, 5.74) is 3.87. The first-order valence-corrected chi connectivity index (χ1v) is 9.95. The molecular formula is C20H24N6O2S. The number of imidazole rings is 1. The molecule has 0 bridgehead atoms. The number of hydrogen-bond acceptors (Lipinski definition) is 6. The van der Waals surface area contributed by atoms with Gasteiger partial charge < -0.3 is 14.6 Å². The van der Waals surface area contributed by atoms with Crippen molar-refractivity contribution in [1.29, 1.82) is 0 Å². The lowest BCUT2D eigenvalue weighted by Gasteiger charge is -2.24. The van der Waals surface area contributed by atoms with Crippen LogP contribution < -0.4 is 0 Å². The third-order valence-corrected chi connectivity index (χ3v) is 5.57. The predicted octanol–water partition coefficient (Wildman–Crippen LogP) is 3.27. The van der Waals surface area contributed by atoms with Crippen molar-refractivity contribution in [3.05, 3.63) is 58.4 Å². The van der Waals surface area contributed by atoms with Crippen molar-refractivity contribution in [1.82, 2.24) is 29.0 Å². The van der Waals surface area contributed by atoms with Crippen LogP contribution in [-0.4, -0.2) is 54.7 Å². The largest absolute Gasteiger partial charge is 0.483 e. The molecule has 0 fully saturated rings. The Morgan fingerprint density at radius 1 is 1.34 bits per heavy atom. The fraction of sp³-hybridized carbons (Fsp3) is 0.300. The maximum absolute atomic E-state index is 8.36. The van der Waals surface area contributed by atoms with Gasteiger partial charge >= 0.3 is 0 Å². The average Bonchev–Trinajstić information content (AvgIpc) is 3.40. The minimum absolute atomic E-state index is 0.250. The summed E-state index contributed by atoms with van der Waals surface area (Å²) < 4.78 is 4.07. The Hall–Kier alpha value is -3.04. The molecule has 0 spiro atoms. The summed E-state index contributed by atoms with van der Waals surface area (Å²) in [5, 5.41) is 13.5. The molecule has 9 heteroatoms. The maximum Gasteiger partial charge on any atom is 0.290 e. The van der Waals surface area contributed by atoms with E-state index in [1.807, 2.05) is 43.0 Å². The number of nitrogens with zero attached hydrogens (tertiary/aromatic N) is 6. The van der Waals surface area contributed by atoms with E-state index in [0.717, 1.165) is 35.0 Å². The van der Waals surface area contributed by atoms with Crippen LogP contribution in [0.3, 0.4) is 0 Å². The summed E-state index contributed by atoms with van der Waals surface area (Å²) in [4.78, 5) is 21.3. The first-order valence-electron chi connectivity index (χ1n) is 9.07. The lowest BCUT2D eigenvalue weighted by atomic mass is 10.2. The van der Waals surface area contributed by atoms with Crippen molar-refractivity contribution in [3.8, 4) is 11.4 Å². The van der Waals surface area contributed by atoms with Gasteiger partial charge in [-0.25, -0.2) is 14.5 Å². The van der Waals surface area contributed by atoms with E-state index in [9.17, 15) is 0 Å². The molecule has 29 heavy (non-hydrogen) atoms. The van der Waals surface area contributed by atoms with Crippen molar-refractivity contribution in [2.45, 2.75) is 26.4 Å². The zero-order valence-electron chi connectivity index (χ0n) is 16.9. The Balaban J connectivity index is 0.000000755. The number of aromatic nitrogens is 5. The van der Waals surface area contributed by atoms with E-state index in [4.69, 9.17) is 14.9 Å². The molecule has 0 aliphatic heterocycles. The summed E-state index contributed by atoms with van der Waals surface area (Å²) in [6.45, 7) is 4.63. The van der Waals surface area contributed by atoms with Crippen molar-refractivity contribution >= 4 is 23.5 Å². The van der Waals surface area contributed by atoms with E-state index in [0.29, 0.717) is 6.04 Å². The zero-order chi connectivity index (χ0) is 21.0. The molecule has 0 aliphatic carbocycles. The molecule has 8 nitrogen and oxygen atoms in total. The second-order valence-corrected chi connectivity index (χ2v) is 7.82. The van der Waals surface area contributed by atoms with Crippen molar-refractivity contribution in [2.24, 2.45) is 0 Å². The van der Waals surface area contributed by atoms with E-state index in [2.05, 4.69) is 51.2 Å². The highest BCUT2D eigenvalue weighted by atomic mass is 32.1. The molecular weight excluding hydrogens is 388 g/mol. The molecule has 1 N–H and O–H groups in total. The van der Waals surface area contributed by atoms with Gasteiger partial charge in [-0.1, -0.05) is 6.07 Å². The molecule has 152 valence electrons. The molecule has 0 aromatic carbocycles. The van der Waals surface area contributed by atoms with Crippen LogP contribution in [-0.2, 0) is 11.3 Å². The topological polar surface area (TPSA) is 88.6 Å². The second-order valence-electron chi connectivity index (χ2n) is 6.84. The van der Waals surface area contributed by atoms with Crippen LogP contribution in [0.1, 0.15) is 22.3 Å². The molecule has 4 rings (SSSR count). The fourth-order valence-electron chi connectivity index (χ4n) is 3.30. The standard InChI is InChI=1S/C19H22N6S.CH2O2/c1-13-10-14(2)25-19(22-13)15(11-21-25)18-20-7-8-24(18)12-16(23(3)4)17-6-5-9-26-17;2-1-3/h5-11,16H,12H2,1-4H3;1H,(H,2,3). The summed E-state index contributed by atoms with van der Waals surface area (Å²) in [6, 6.07) is 6.62. The van der Waals surface area contributed by atoms with Crippen LogP contribution in [0, 0.1) is 13.8 Å². The van der Waals surface area contributed by atoms with Crippen LogP contribution in [0.5, 0.6) is 0 Å². The second kappa shape index (κ2) is 8.97. The van der Waals surface area contributed by atoms with E-state index in [-0.39, 0.29) is 6.47 Å². The van der Waals surface area contributed by atoms with Gasteiger partial charge in [0.25, 0.3) is 6.47 Å². The molecule has 0 amide bonds. The summed E-state index contributed by atoms with van der Waals surface area (Å²) in [6.07, 6.45) is 5.75. The van der Waals surface area contributed by atoms with Crippen molar-refractivity contribution in [2.75, 3.05) is 14.1 Å². The molecule has 4 aromatic heterocycles. The number of aryl methyl sites for hydroxylation is 2. The summed E-state index contributed by atoms with van der Waals surface area (Å²) in [7, 11) is 4.23. The van der Waals surface area contributed by atoms with Gasteiger partial charge in [-0.05, 0) is 45.5 Å². The number of likely N-dealkylation sites (N-methyl/N-ethyl adjacent to an activating group) is 1. The highest BCUT2D eigenvalue weighted by molar-refractivity contribution is 7.10. The quantitative estimate of drug-likeness (QED) is 0.506. The van der Waals surface area contributed by atoms with E-state index >= 15 is 0 Å². The van der Waals surface area contributed by atoms with Crippen molar-refractivity contribution in [3.63, 3.8) is 0 Å². The number of fused-ring (bicyclic) bond motifs is 1. The van der Waals surface area contributed by atoms with Crippen LogP contribution in [0.25, 0.3) is 17.0 Å². The van der Waals surface area contributed by atoms with Gasteiger partial charge in [0.05, 0.1) is 17.8 Å². The number of rotatable bonds is 5. The highest BCUT2D eigenvalue weighted by Crippen LogP contribution is 2.28. The summed E-state index contributed by atoms with van der Waals surface area (Å²) in [5.74, 6) is 0.904. The van der Waals surface area contributed by atoms with Gasteiger partial charge in [-0.2, -0.15) is 5.10 Å². The zero-order valence-corrected chi connectivity index (χ0v) is 17.7. The molecule has 0 saturated carbocycles. The normalized spacial score (nSPS) is 12.0. The van der Waals surface area contributed by atoms with E-state index < -0.39 is 0 Å². The molecule has 0 saturated heterocycles. The molecule has 0 radical (unpaired) electrons. The predicted molar refractivity (Wildman–Crippen MR) is 113 cm³/mol. The summed E-state index contributed by atoms with van der Waals surface area (Å²) >= 11 is 1.79. The van der Waals surface area contributed by atoms with Crippen LogP contribution >= 0.6 is 11.3 Å². The van der Waals surface area contributed by atoms with E-state index in [1.165, 1.54) is 4.88 Å². The first-order chi connectivity index (χ1) is 14.0. The fourth-order valence-corrected chi connectivity index (χ4v) is 4.22. The number of hydrogen-bond donors (Lipinski definition) is 1. The SMILES string of the molecule is Cc1cc(C)n2ncc(-c3nccn3CC(c3cccs3)N(C)C)c2n1.O=CO. The number of carbonyl (C=O) groups is 1. The third-order valence-electron chi connectivity index (χ3n) is 4.60. The van der Waals surface area contributed by atoms with E-state index in [1.54, 1.807) is 11.3 Å². The average molecular weight is 413 g/mol. The van der Waals surface area contributed by atoms with Crippen LogP contribution in [0.2, 0.25) is 0 Å². The Kier molecular flexibility index (Phi) is 6.40. The number of thiophene rings is 1. The van der Waals surface area contributed by atoms with Gasteiger partial charge in [-0.15, -0.1) is 11.3 Å². The van der Waals surface area contributed by atoms with Crippen molar-refractivity contribution < 1.29 is 9.90 Å². The molecule has 4 heterocycles. The Bertz CT molecular complexity index is 1080. The Morgan fingerprint density at radius 3 is 2.76 bits per heavy atom. The van der Waals surface area contributed by atoms with Crippen LogP contribution in [0.4, 0.5) is 0 Å². The molecule has 0 aliphatic rings. The smallest absolute Gasteiger partial charge is 0.290 e. The van der Waals surface area contributed by atoms with Gasteiger partial charge in [0, 0.05) is 35.2 Å². The van der Waals surface area contributed by atoms with Gasteiger partial charge in [-0.3, -0.25) is 4.79 Å². The lowest BCUT2D eigenvalue weighted by Crippen LogP contribution is -2.24. The van der Waals surface area contributed by atoms with Gasteiger partial charge in [0.2, 0.25) is 0 Å². The van der Waals surface area contributed by atoms with Gasteiger partial charge in [0.1, 0.15) is 5.82 Å². The first kappa shape index (κ1) is 20.7.